The number of carbonyl (C=O) groups excluding carboxylic acids is 2. The lowest BCUT2D eigenvalue weighted by Gasteiger charge is -2.42. The Balaban J connectivity index is 1.74. The quantitative estimate of drug-likeness (QED) is 0.860. The number of rotatable bonds is 5. The summed E-state index contributed by atoms with van der Waals surface area (Å²) in [6.45, 7) is 3.72. The molecule has 6 heteroatoms. The second kappa shape index (κ2) is 6.91. The number of amides is 2. The highest BCUT2D eigenvalue weighted by atomic mass is 16.5. The van der Waals surface area contributed by atoms with E-state index in [0.717, 1.165) is 24.1 Å². The van der Waals surface area contributed by atoms with Gasteiger partial charge >= 0.3 is 0 Å². The van der Waals surface area contributed by atoms with Crippen LogP contribution in [-0.2, 0) is 14.3 Å². The molecule has 1 heterocycles. The fraction of sp³-hybridized carbons (Fsp3) is 0.556. The molecule has 1 saturated heterocycles. The average molecular weight is 332 g/mol. The molecular formula is C18H24N2O4. The third kappa shape index (κ3) is 3.44. The van der Waals surface area contributed by atoms with Crippen molar-refractivity contribution in [2.75, 3.05) is 18.5 Å². The lowest BCUT2D eigenvalue weighted by Crippen LogP contribution is -2.55. The standard InChI is InChI=1S/C18H24N2O4/c1-11(2)20-15(9-21)17(24-10-16(20)22)12-5-7-14(8-6-12)19-18(23)13-3-4-13/h5-8,11,13,15,17,21H,3-4,9-10H2,1-2H3,(H,19,23). The smallest absolute Gasteiger partial charge is 0.249 e. The van der Waals surface area contributed by atoms with Gasteiger partial charge < -0.3 is 20.1 Å². The molecule has 2 atom stereocenters. The minimum Gasteiger partial charge on any atom is -0.394 e. The number of carbonyl (C=O) groups is 2. The van der Waals surface area contributed by atoms with E-state index in [2.05, 4.69) is 5.32 Å². The first kappa shape index (κ1) is 16.9. The largest absolute Gasteiger partial charge is 0.394 e. The minimum absolute atomic E-state index is 0.00171. The first-order chi connectivity index (χ1) is 11.5. The van der Waals surface area contributed by atoms with Crippen molar-refractivity contribution in [3.63, 3.8) is 0 Å². The number of nitrogens with one attached hydrogen (secondary N) is 1. The van der Waals surface area contributed by atoms with Crippen LogP contribution in [0.4, 0.5) is 5.69 Å². The lowest BCUT2D eigenvalue weighted by molar-refractivity contribution is -0.164. The lowest BCUT2D eigenvalue weighted by atomic mass is 9.98. The van der Waals surface area contributed by atoms with Gasteiger partial charge in [0.15, 0.2) is 0 Å². The molecule has 130 valence electrons. The zero-order chi connectivity index (χ0) is 17.3. The number of hydrogen-bond donors (Lipinski definition) is 2. The van der Waals surface area contributed by atoms with Gasteiger partial charge in [0.05, 0.1) is 12.6 Å². The molecule has 0 radical (unpaired) electrons. The summed E-state index contributed by atoms with van der Waals surface area (Å²) in [7, 11) is 0. The molecule has 1 saturated carbocycles. The summed E-state index contributed by atoms with van der Waals surface area (Å²) < 4.78 is 5.69. The Kier molecular flexibility index (Phi) is 4.87. The van der Waals surface area contributed by atoms with E-state index in [1.165, 1.54) is 0 Å². The molecule has 1 aromatic rings. The predicted molar refractivity (Wildman–Crippen MR) is 89.3 cm³/mol. The number of aliphatic hydroxyl groups excluding tert-OH is 1. The molecule has 2 N–H and O–H groups in total. The Morgan fingerprint density at radius 2 is 2.00 bits per heavy atom. The Morgan fingerprint density at radius 1 is 1.33 bits per heavy atom. The Hall–Kier alpha value is -1.92. The monoisotopic (exact) mass is 332 g/mol. The molecule has 2 aliphatic rings. The predicted octanol–water partition coefficient (Wildman–Crippen LogP) is 1.70. The summed E-state index contributed by atoms with van der Waals surface area (Å²) >= 11 is 0. The van der Waals surface area contributed by atoms with Crippen LogP contribution in [0.15, 0.2) is 24.3 Å². The molecule has 0 spiro atoms. The zero-order valence-electron chi connectivity index (χ0n) is 14.1. The maximum atomic E-state index is 12.1. The third-order valence-electron chi connectivity index (χ3n) is 4.58. The summed E-state index contributed by atoms with van der Waals surface area (Å²) in [5.41, 5.74) is 1.64. The van der Waals surface area contributed by atoms with E-state index in [-0.39, 0.29) is 43.1 Å². The van der Waals surface area contributed by atoms with Crippen molar-refractivity contribution in [3.8, 4) is 0 Å². The van der Waals surface area contributed by atoms with Crippen molar-refractivity contribution in [1.29, 1.82) is 0 Å². The molecule has 0 aromatic heterocycles. The summed E-state index contributed by atoms with van der Waals surface area (Å²) in [5.74, 6) is 0.130. The first-order valence-corrected chi connectivity index (χ1v) is 8.45. The highest BCUT2D eigenvalue weighted by Crippen LogP contribution is 2.32. The SMILES string of the molecule is CC(C)N1C(=O)COC(c2ccc(NC(=O)C3CC3)cc2)C1CO. The van der Waals surface area contributed by atoms with E-state index >= 15 is 0 Å². The number of aliphatic hydroxyl groups is 1. The van der Waals surface area contributed by atoms with Crippen molar-refractivity contribution < 1.29 is 19.4 Å². The van der Waals surface area contributed by atoms with Gasteiger partial charge in [-0.05, 0) is 44.4 Å². The van der Waals surface area contributed by atoms with Crippen molar-refractivity contribution in [2.24, 2.45) is 5.92 Å². The van der Waals surface area contributed by atoms with Gasteiger partial charge in [0.1, 0.15) is 12.7 Å². The molecular weight excluding hydrogens is 308 g/mol. The van der Waals surface area contributed by atoms with Crippen LogP contribution >= 0.6 is 0 Å². The number of morpholine rings is 1. The van der Waals surface area contributed by atoms with Gasteiger partial charge in [-0.15, -0.1) is 0 Å². The molecule has 1 aromatic carbocycles. The zero-order valence-corrected chi connectivity index (χ0v) is 14.1. The van der Waals surface area contributed by atoms with Crippen LogP contribution in [0.2, 0.25) is 0 Å². The van der Waals surface area contributed by atoms with E-state index in [1.54, 1.807) is 4.90 Å². The van der Waals surface area contributed by atoms with E-state index in [0.29, 0.717) is 0 Å². The maximum absolute atomic E-state index is 12.1. The van der Waals surface area contributed by atoms with E-state index < -0.39 is 6.04 Å². The maximum Gasteiger partial charge on any atom is 0.249 e. The molecule has 1 aliphatic heterocycles. The van der Waals surface area contributed by atoms with Gasteiger partial charge in [-0.1, -0.05) is 12.1 Å². The van der Waals surface area contributed by atoms with Crippen molar-refractivity contribution in [2.45, 2.75) is 44.9 Å². The average Bonchev–Trinajstić information content (AvgIpc) is 3.40. The van der Waals surface area contributed by atoms with Gasteiger partial charge in [0, 0.05) is 17.6 Å². The van der Waals surface area contributed by atoms with Gasteiger partial charge in [-0.3, -0.25) is 9.59 Å². The number of hydrogen-bond acceptors (Lipinski definition) is 4. The second-order valence-corrected chi connectivity index (χ2v) is 6.76. The van der Waals surface area contributed by atoms with Gasteiger partial charge in [-0.25, -0.2) is 0 Å². The Bertz CT molecular complexity index is 610. The number of anilines is 1. The summed E-state index contributed by atoms with van der Waals surface area (Å²) in [6.07, 6.45) is 1.57. The second-order valence-electron chi connectivity index (χ2n) is 6.76. The van der Waals surface area contributed by atoms with E-state index in [4.69, 9.17) is 4.74 Å². The minimum atomic E-state index is -0.404. The van der Waals surface area contributed by atoms with Gasteiger partial charge in [0.25, 0.3) is 0 Å². The van der Waals surface area contributed by atoms with Crippen LogP contribution in [0.3, 0.4) is 0 Å². The third-order valence-corrected chi connectivity index (χ3v) is 4.58. The van der Waals surface area contributed by atoms with Crippen molar-refractivity contribution in [3.05, 3.63) is 29.8 Å². The summed E-state index contributed by atoms with van der Waals surface area (Å²) in [5, 5.41) is 12.7. The number of benzene rings is 1. The van der Waals surface area contributed by atoms with E-state index in [9.17, 15) is 14.7 Å². The van der Waals surface area contributed by atoms with E-state index in [1.807, 2.05) is 38.1 Å². The molecule has 0 bridgehead atoms. The Morgan fingerprint density at radius 3 is 2.54 bits per heavy atom. The number of nitrogens with zero attached hydrogens (tertiary/aromatic N) is 1. The fourth-order valence-corrected chi connectivity index (χ4v) is 3.20. The topological polar surface area (TPSA) is 78.9 Å². The van der Waals surface area contributed by atoms with Crippen LogP contribution in [0.1, 0.15) is 38.4 Å². The van der Waals surface area contributed by atoms with Crippen LogP contribution in [0, 0.1) is 5.92 Å². The molecule has 3 rings (SSSR count). The van der Waals surface area contributed by atoms with Crippen LogP contribution < -0.4 is 5.32 Å². The molecule has 2 fully saturated rings. The highest BCUT2D eigenvalue weighted by Gasteiger charge is 2.38. The summed E-state index contributed by atoms with van der Waals surface area (Å²) in [6, 6.07) is 7.03. The van der Waals surface area contributed by atoms with Gasteiger partial charge in [-0.2, -0.15) is 0 Å². The van der Waals surface area contributed by atoms with Crippen molar-refractivity contribution >= 4 is 17.5 Å². The Labute approximate surface area is 141 Å². The number of ether oxygens (including phenoxy) is 1. The molecule has 2 amide bonds. The van der Waals surface area contributed by atoms with Crippen LogP contribution in [0.5, 0.6) is 0 Å². The molecule has 24 heavy (non-hydrogen) atoms. The van der Waals surface area contributed by atoms with Crippen LogP contribution in [-0.4, -0.2) is 47.1 Å². The molecule has 6 nitrogen and oxygen atoms in total. The highest BCUT2D eigenvalue weighted by molar-refractivity contribution is 5.94. The fourth-order valence-electron chi connectivity index (χ4n) is 3.20. The normalized spacial score (nSPS) is 24.3. The first-order valence-electron chi connectivity index (χ1n) is 8.45. The van der Waals surface area contributed by atoms with Crippen molar-refractivity contribution in [1.82, 2.24) is 4.90 Å². The van der Waals surface area contributed by atoms with Crippen LogP contribution in [0.25, 0.3) is 0 Å². The van der Waals surface area contributed by atoms with Gasteiger partial charge in [0.2, 0.25) is 11.8 Å². The molecule has 2 unspecified atom stereocenters. The molecule has 1 aliphatic carbocycles. The summed E-state index contributed by atoms with van der Waals surface area (Å²) in [4.78, 5) is 25.6.